The molecule has 4 nitrogen and oxygen atoms in total. The molecule has 2 aromatic carbocycles. The largest absolute Gasteiger partial charge is 0.326 e. The minimum atomic E-state index is -3.63. The van der Waals surface area contributed by atoms with Crippen LogP contribution < -0.4 is 10.5 Å². The SMILES string of the molecule is NCc1ccc(CNS(=O)(=O)c2ccc(Cl)c(Cl)c2)cc1. The number of hydrogen-bond acceptors (Lipinski definition) is 3. The number of halogens is 2. The average molecular weight is 345 g/mol. The predicted molar refractivity (Wildman–Crippen MR) is 84.8 cm³/mol. The molecule has 0 spiro atoms. The van der Waals surface area contributed by atoms with Gasteiger partial charge in [0.2, 0.25) is 10.0 Å². The Balaban J connectivity index is 2.11. The van der Waals surface area contributed by atoms with Gasteiger partial charge in [-0.25, -0.2) is 13.1 Å². The van der Waals surface area contributed by atoms with Crippen molar-refractivity contribution in [3.8, 4) is 0 Å². The molecular weight excluding hydrogens is 331 g/mol. The van der Waals surface area contributed by atoms with Gasteiger partial charge in [-0.05, 0) is 29.3 Å². The van der Waals surface area contributed by atoms with Crippen molar-refractivity contribution in [3.63, 3.8) is 0 Å². The minimum absolute atomic E-state index is 0.0791. The first-order valence-electron chi connectivity index (χ1n) is 6.15. The van der Waals surface area contributed by atoms with Crippen molar-refractivity contribution in [3.05, 3.63) is 63.6 Å². The molecule has 0 aromatic heterocycles. The van der Waals surface area contributed by atoms with Crippen LogP contribution in [-0.2, 0) is 23.1 Å². The summed E-state index contributed by atoms with van der Waals surface area (Å²) in [5.41, 5.74) is 7.35. The van der Waals surface area contributed by atoms with E-state index in [9.17, 15) is 8.42 Å². The van der Waals surface area contributed by atoms with Crippen LogP contribution in [0.5, 0.6) is 0 Å². The Morgan fingerprint density at radius 3 is 2.14 bits per heavy atom. The van der Waals surface area contributed by atoms with E-state index in [-0.39, 0.29) is 16.5 Å². The molecule has 7 heteroatoms. The smallest absolute Gasteiger partial charge is 0.240 e. The Morgan fingerprint density at radius 1 is 0.952 bits per heavy atom. The molecule has 0 aliphatic carbocycles. The van der Waals surface area contributed by atoms with Gasteiger partial charge in [0.25, 0.3) is 0 Å². The molecule has 0 fully saturated rings. The molecule has 0 aliphatic rings. The Labute approximate surface area is 133 Å². The molecule has 21 heavy (non-hydrogen) atoms. The maximum absolute atomic E-state index is 12.2. The number of rotatable bonds is 5. The van der Waals surface area contributed by atoms with E-state index in [1.54, 1.807) is 0 Å². The lowest BCUT2D eigenvalue weighted by Crippen LogP contribution is -2.23. The lowest BCUT2D eigenvalue weighted by atomic mass is 10.1. The van der Waals surface area contributed by atoms with Gasteiger partial charge in [0, 0.05) is 13.1 Å². The summed E-state index contributed by atoms with van der Waals surface area (Å²) in [5, 5.41) is 0.514. The average Bonchev–Trinajstić information content (AvgIpc) is 2.48. The van der Waals surface area contributed by atoms with E-state index in [0.29, 0.717) is 11.6 Å². The van der Waals surface area contributed by atoms with E-state index in [2.05, 4.69) is 4.72 Å². The van der Waals surface area contributed by atoms with E-state index < -0.39 is 10.0 Å². The topological polar surface area (TPSA) is 72.2 Å². The van der Waals surface area contributed by atoms with Crippen LogP contribution in [0, 0.1) is 0 Å². The summed E-state index contributed by atoms with van der Waals surface area (Å²) in [6.45, 7) is 0.642. The van der Waals surface area contributed by atoms with Crippen molar-refractivity contribution < 1.29 is 8.42 Å². The summed E-state index contributed by atoms with van der Waals surface area (Å²) in [6.07, 6.45) is 0. The van der Waals surface area contributed by atoms with Crippen LogP contribution in [0.4, 0.5) is 0 Å². The number of nitrogens with one attached hydrogen (secondary N) is 1. The highest BCUT2D eigenvalue weighted by Crippen LogP contribution is 2.24. The van der Waals surface area contributed by atoms with Crippen molar-refractivity contribution in [2.45, 2.75) is 18.0 Å². The zero-order valence-electron chi connectivity index (χ0n) is 11.0. The van der Waals surface area contributed by atoms with E-state index in [0.717, 1.165) is 11.1 Å². The molecule has 2 aromatic rings. The molecule has 0 aliphatic heterocycles. The van der Waals surface area contributed by atoms with Gasteiger partial charge in [-0.1, -0.05) is 47.5 Å². The van der Waals surface area contributed by atoms with Gasteiger partial charge in [0.15, 0.2) is 0 Å². The van der Waals surface area contributed by atoms with Crippen molar-refractivity contribution in [2.75, 3.05) is 0 Å². The number of hydrogen-bond donors (Lipinski definition) is 2. The summed E-state index contributed by atoms with van der Waals surface area (Å²) in [6, 6.07) is 11.6. The predicted octanol–water partition coefficient (Wildman–Crippen LogP) is 2.93. The maximum Gasteiger partial charge on any atom is 0.240 e. The molecule has 0 saturated heterocycles. The van der Waals surface area contributed by atoms with Crippen molar-refractivity contribution in [2.24, 2.45) is 5.73 Å². The molecule has 112 valence electrons. The van der Waals surface area contributed by atoms with Crippen LogP contribution in [0.15, 0.2) is 47.4 Å². The molecule has 0 saturated carbocycles. The van der Waals surface area contributed by atoms with Crippen molar-refractivity contribution in [1.82, 2.24) is 4.72 Å². The fourth-order valence-corrected chi connectivity index (χ4v) is 3.11. The van der Waals surface area contributed by atoms with E-state index in [1.807, 2.05) is 24.3 Å². The second-order valence-corrected chi connectivity index (χ2v) is 7.00. The standard InChI is InChI=1S/C14H14Cl2N2O2S/c15-13-6-5-12(7-14(13)16)21(19,20)18-9-11-3-1-10(8-17)2-4-11/h1-7,18H,8-9,17H2. The zero-order valence-corrected chi connectivity index (χ0v) is 13.3. The molecule has 0 amide bonds. The Hall–Kier alpha value is -1.11. The third-order valence-electron chi connectivity index (χ3n) is 2.93. The molecule has 3 N–H and O–H groups in total. The van der Waals surface area contributed by atoms with Gasteiger partial charge in [0.05, 0.1) is 14.9 Å². The van der Waals surface area contributed by atoms with Crippen molar-refractivity contribution >= 4 is 33.2 Å². The van der Waals surface area contributed by atoms with Gasteiger partial charge in [-0.2, -0.15) is 0 Å². The van der Waals surface area contributed by atoms with Crippen molar-refractivity contribution in [1.29, 1.82) is 0 Å². The highest BCUT2D eigenvalue weighted by molar-refractivity contribution is 7.89. The van der Waals surface area contributed by atoms with Gasteiger partial charge < -0.3 is 5.73 Å². The molecular formula is C14H14Cl2N2O2S. The molecule has 0 atom stereocenters. The molecule has 2 rings (SSSR count). The summed E-state index contributed by atoms with van der Waals surface area (Å²) >= 11 is 11.6. The first-order chi connectivity index (χ1) is 9.92. The van der Waals surface area contributed by atoms with E-state index >= 15 is 0 Å². The highest BCUT2D eigenvalue weighted by Gasteiger charge is 2.15. The molecule has 0 heterocycles. The second-order valence-electron chi connectivity index (χ2n) is 4.42. The number of sulfonamides is 1. The lowest BCUT2D eigenvalue weighted by molar-refractivity contribution is 0.581. The first kappa shape index (κ1) is 16.3. The van der Waals surface area contributed by atoms with Gasteiger partial charge in [-0.15, -0.1) is 0 Å². The Morgan fingerprint density at radius 2 is 1.57 bits per heavy atom. The van der Waals surface area contributed by atoms with Gasteiger partial charge in [-0.3, -0.25) is 0 Å². The Bertz CT molecular complexity index is 731. The van der Waals surface area contributed by atoms with Crippen LogP contribution in [0.2, 0.25) is 10.0 Å². The number of benzene rings is 2. The molecule has 0 unspecified atom stereocenters. The van der Waals surface area contributed by atoms with E-state index in [1.165, 1.54) is 18.2 Å². The number of nitrogens with two attached hydrogens (primary N) is 1. The lowest BCUT2D eigenvalue weighted by Gasteiger charge is -2.08. The summed E-state index contributed by atoms with van der Waals surface area (Å²) in [4.78, 5) is 0.0791. The zero-order chi connectivity index (χ0) is 15.5. The van der Waals surface area contributed by atoms with Gasteiger partial charge >= 0.3 is 0 Å². The van der Waals surface area contributed by atoms with E-state index in [4.69, 9.17) is 28.9 Å². The van der Waals surface area contributed by atoms with Gasteiger partial charge in [0.1, 0.15) is 0 Å². The second kappa shape index (κ2) is 6.77. The fraction of sp³-hybridized carbons (Fsp3) is 0.143. The molecule has 0 bridgehead atoms. The normalized spacial score (nSPS) is 11.6. The van der Waals surface area contributed by atoms with Crippen LogP contribution in [0.25, 0.3) is 0 Å². The van der Waals surface area contributed by atoms with Crippen LogP contribution >= 0.6 is 23.2 Å². The third-order valence-corrected chi connectivity index (χ3v) is 5.06. The Kier molecular flexibility index (Phi) is 5.24. The summed E-state index contributed by atoms with van der Waals surface area (Å²) < 4.78 is 26.8. The molecule has 0 radical (unpaired) electrons. The highest BCUT2D eigenvalue weighted by atomic mass is 35.5. The van der Waals surface area contributed by atoms with Crippen LogP contribution in [0.1, 0.15) is 11.1 Å². The van der Waals surface area contributed by atoms with Crippen LogP contribution in [0.3, 0.4) is 0 Å². The first-order valence-corrected chi connectivity index (χ1v) is 8.39. The van der Waals surface area contributed by atoms with Crippen LogP contribution in [-0.4, -0.2) is 8.42 Å². The monoisotopic (exact) mass is 344 g/mol. The maximum atomic E-state index is 12.2. The quantitative estimate of drug-likeness (QED) is 0.875. The minimum Gasteiger partial charge on any atom is -0.326 e. The third kappa shape index (κ3) is 4.18. The summed E-state index contributed by atoms with van der Waals surface area (Å²) in [7, 11) is -3.63. The summed E-state index contributed by atoms with van der Waals surface area (Å²) in [5.74, 6) is 0. The fourth-order valence-electron chi connectivity index (χ4n) is 1.70.